The molecular weight excluding hydrogens is 218 g/mol. The number of nitrogens with zero attached hydrogens (tertiary/aromatic N) is 3. The van der Waals surface area contributed by atoms with E-state index in [9.17, 15) is 0 Å². The van der Waals surface area contributed by atoms with Crippen LogP contribution in [0.3, 0.4) is 0 Å². The average molecular weight is 233 g/mol. The van der Waals surface area contributed by atoms with E-state index in [4.69, 9.17) is 10.5 Å². The normalized spacial score (nSPS) is 25.0. The lowest BCUT2D eigenvalue weighted by Crippen LogP contribution is -2.31. The van der Waals surface area contributed by atoms with Crippen LogP contribution in [0.25, 0.3) is 11.2 Å². The van der Waals surface area contributed by atoms with Crippen molar-refractivity contribution in [3.8, 4) is 5.88 Å². The van der Waals surface area contributed by atoms with Crippen molar-refractivity contribution in [2.24, 2.45) is 5.73 Å². The van der Waals surface area contributed by atoms with Gasteiger partial charge in [-0.25, -0.2) is 9.97 Å². The third-order valence-electron chi connectivity index (χ3n) is 3.19. The van der Waals surface area contributed by atoms with E-state index in [0.717, 1.165) is 31.2 Å². The molecular formula is C11H15N5O. The molecule has 90 valence electrons. The predicted molar refractivity (Wildman–Crippen MR) is 62.5 cm³/mol. The van der Waals surface area contributed by atoms with E-state index in [0.29, 0.717) is 17.6 Å². The van der Waals surface area contributed by atoms with E-state index in [1.807, 2.05) is 0 Å². The van der Waals surface area contributed by atoms with Crippen LogP contribution in [0.15, 0.2) is 12.7 Å². The van der Waals surface area contributed by atoms with E-state index in [2.05, 4.69) is 19.9 Å². The van der Waals surface area contributed by atoms with E-state index < -0.39 is 0 Å². The number of ether oxygens (including phenoxy) is 1. The molecule has 0 atom stereocenters. The van der Waals surface area contributed by atoms with Gasteiger partial charge in [-0.05, 0) is 25.7 Å². The summed E-state index contributed by atoms with van der Waals surface area (Å²) in [7, 11) is 0. The van der Waals surface area contributed by atoms with Gasteiger partial charge in [-0.2, -0.15) is 4.98 Å². The summed E-state index contributed by atoms with van der Waals surface area (Å²) in [4.78, 5) is 15.3. The first-order valence-corrected chi connectivity index (χ1v) is 5.89. The third-order valence-corrected chi connectivity index (χ3v) is 3.19. The fourth-order valence-corrected chi connectivity index (χ4v) is 2.20. The van der Waals surface area contributed by atoms with Gasteiger partial charge in [0, 0.05) is 6.04 Å². The Hall–Kier alpha value is -1.69. The summed E-state index contributed by atoms with van der Waals surface area (Å²) in [6.07, 6.45) is 7.29. The number of hydrogen-bond donors (Lipinski definition) is 2. The molecule has 1 saturated carbocycles. The molecule has 2 aromatic heterocycles. The second kappa shape index (κ2) is 4.29. The van der Waals surface area contributed by atoms with Crippen molar-refractivity contribution in [2.45, 2.75) is 37.8 Å². The van der Waals surface area contributed by atoms with E-state index in [-0.39, 0.29) is 6.10 Å². The smallest absolute Gasteiger partial charge is 0.243 e. The van der Waals surface area contributed by atoms with Crippen molar-refractivity contribution >= 4 is 11.2 Å². The van der Waals surface area contributed by atoms with Gasteiger partial charge >= 0.3 is 0 Å². The molecule has 1 fully saturated rings. The Morgan fingerprint density at radius 3 is 2.82 bits per heavy atom. The average Bonchev–Trinajstić information content (AvgIpc) is 2.81. The number of aromatic amines is 1. The zero-order chi connectivity index (χ0) is 11.7. The molecule has 0 aliphatic heterocycles. The summed E-state index contributed by atoms with van der Waals surface area (Å²) < 4.78 is 5.90. The molecule has 17 heavy (non-hydrogen) atoms. The topological polar surface area (TPSA) is 89.7 Å². The largest absolute Gasteiger partial charge is 0.473 e. The molecule has 3 rings (SSSR count). The summed E-state index contributed by atoms with van der Waals surface area (Å²) in [5.74, 6) is 0.591. The maximum atomic E-state index is 5.90. The minimum absolute atomic E-state index is 0.205. The zero-order valence-electron chi connectivity index (χ0n) is 9.47. The van der Waals surface area contributed by atoms with Crippen molar-refractivity contribution in [1.82, 2.24) is 19.9 Å². The molecule has 0 spiro atoms. The fraction of sp³-hybridized carbons (Fsp3) is 0.545. The first-order valence-electron chi connectivity index (χ1n) is 5.89. The van der Waals surface area contributed by atoms with Crippen LogP contribution in [0.2, 0.25) is 0 Å². The zero-order valence-corrected chi connectivity index (χ0v) is 9.47. The van der Waals surface area contributed by atoms with Crippen LogP contribution in [0, 0.1) is 0 Å². The van der Waals surface area contributed by atoms with Gasteiger partial charge in [0.05, 0.1) is 6.33 Å². The van der Waals surface area contributed by atoms with Gasteiger partial charge in [-0.1, -0.05) is 0 Å². The van der Waals surface area contributed by atoms with Crippen LogP contribution in [-0.2, 0) is 0 Å². The maximum absolute atomic E-state index is 5.90. The number of imidazole rings is 1. The van der Waals surface area contributed by atoms with E-state index in [1.54, 1.807) is 6.33 Å². The summed E-state index contributed by atoms with van der Waals surface area (Å²) in [6, 6.07) is 0.326. The first kappa shape index (κ1) is 10.5. The highest BCUT2D eigenvalue weighted by atomic mass is 16.5. The molecule has 2 aromatic rings. The fourth-order valence-electron chi connectivity index (χ4n) is 2.20. The lowest BCUT2D eigenvalue weighted by molar-refractivity contribution is 0.143. The van der Waals surface area contributed by atoms with Crippen LogP contribution >= 0.6 is 0 Å². The Labute approximate surface area is 98.6 Å². The van der Waals surface area contributed by atoms with Crippen molar-refractivity contribution < 1.29 is 4.74 Å². The highest BCUT2D eigenvalue weighted by molar-refractivity contribution is 5.74. The maximum Gasteiger partial charge on any atom is 0.243 e. The van der Waals surface area contributed by atoms with E-state index >= 15 is 0 Å². The lowest BCUT2D eigenvalue weighted by atomic mass is 9.94. The van der Waals surface area contributed by atoms with Gasteiger partial charge in [0.1, 0.15) is 17.9 Å². The Balaban J connectivity index is 1.78. The molecule has 0 aromatic carbocycles. The van der Waals surface area contributed by atoms with Crippen LogP contribution in [0.4, 0.5) is 0 Å². The molecule has 0 bridgehead atoms. The molecule has 2 heterocycles. The number of hydrogen-bond acceptors (Lipinski definition) is 5. The van der Waals surface area contributed by atoms with Gasteiger partial charge in [-0.3, -0.25) is 0 Å². The first-order chi connectivity index (χ1) is 8.33. The van der Waals surface area contributed by atoms with Gasteiger partial charge < -0.3 is 15.5 Å². The Morgan fingerprint density at radius 2 is 2.00 bits per heavy atom. The Morgan fingerprint density at radius 1 is 1.18 bits per heavy atom. The molecule has 6 nitrogen and oxygen atoms in total. The number of nitrogens with two attached hydrogens (primary N) is 1. The van der Waals surface area contributed by atoms with Gasteiger partial charge in [0.15, 0.2) is 5.65 Å². The van der Waals surface area contributed by atoms with Crippen LogP contribution < -0.4 is 10.5 Å². The molecule has 1 aliphatic carbocycles. The molecule has 0 amide bonds. The number of fused-ring (bicyclic) bond motifs is 1. The number of aromatic nitrogens is 4. The molecule has 0 saturated heterocycles. The molecule has 3 N–H and O–H groups in total. The lowest BCUT2D eigenvalue weighted by Gasteiger charge is -2.26. The molecule has 1 aliphatic rings. The summed E-state index contributed by atoms with van der Waals surface area (Å²) in [5.41, 5.74) is 7.27. The summed E-state index contributed by atoms with van der Waals surface area (Å²) in [5, 5.41) is 0. The van der Waals surface area contributed by atoms with Crippen LogP contribution in [-0.4, -0.2) is 32.1 Å². The number of H-pyrrole nitrogens is 1. The Kier molecular flexibility index (Phi) is 2.64. The second-order valence-corrected chi connectivity index (χ2v) is 4.43. The quantitative estimate of drug-likeness (QED) is 0.807. The van der Waals surface area contributed by atoms with Crippen molar-refractivity contribution in [3.63, 3.8) is 0 Å². The van der Waals surface area contributed by atoms with Gasteiger partial charge in [-0.15, -0.1) is 0 Å². The van der Waals surface area contributed by atoms with Crippen LogP contribution in [0.5, 0.6) is 5.88 Å². The Bertz CT molecular complexity index is 503. The van der Waals surface area contributed by atoms with Crippen molar-refractivity contribution in [1.29, 1.82) is 0 Å². The highest BCUT2D eigenvalue weighted by Gasteiger charge is 2.21. The minimum Gasteiger partial charge on any atom is -0.473 e. The number of nitrogens with one attached hydrogen (secondary N) is 1. The minimum atomic E-state index is 0.205. The molecule has 0 radical (unpaired) electrons. The standard InChI is InChI=1S/C11H15N5O/c12-7-1-3-8(4-2-7)17-11-9-10(14-5-13-9)15-6-16-11/h5-8H,1-4,12H2,(H,13,14,15,16). The van der Waals surface area contributed by atoms with Gasteiger partial charge in [0.2, 0.25) is 5.88 Å². The predicted octanol–water partition coefficient (Wildman–Crippen LogP) is 1.00. The monoisotopic (exact) mass is 233 g/mol. The number of rotatable bonds is 2. The van der Waals surface area contributed by atoms with E-state index in [1.165, 1.54) is 6.33 Å². The third kappa shape index (κ3) is 2.08. The molecule has 0 unspecified atom stereocenters. The summed E-state index contributed by atoms with van der Waals surface area (Å²) in [6.45, 7) is 0. The summed E-state index contributed by atoms with van der Waals surface area (Å²) >= 11 is 0. The highest BCUT2D eigenvalue weighted by Crippen LogP contribution is 2.24. The molecule has 6 heteroatoms. The second-order valence-electron chi connectivity index (χ2n) is 4.43. The van der Waals surface area contributed by atoms with Gasteiger partial charge in [0.25, 0.3) is 0 Å². The van der Waals surface area contributed by atoms with Crippen LogP contribution in [0.1, 0.15) is 25.7 Å². The SMILES string of the molecule is NC1CCC(Oc2ncnc3nc[nH]c23)CC1. The van der Waals surface area contributed by atoms with Crippen molar-refractivity contribution in [3.05, 3.63) is 12.7 Å². The van der Waals surface area contributed by atoms with Crippen molar-refractivity contribution in [2.75, 3.05) is 0 Å².